The summed E-state index contributed by atoms with van der Waals surface area (Å²) >= 11 is 0. The fourth-order valence-corrected chi connectivity index (χ4v) is 2.43. The lowest BCUT2D eigenvalue weighted by atomic mass is 9.91. The summed E-state index contributed by atoms with van der Waals surface area (Å²) in [5, 5.41) is 0. The minimum Gasteiger partial charge on any atom is -0.493 e. The quantitative estimate of drug-likeness (QED) is 0.725. The molecule has 2 rings (SSSR count). The van der Waals surface area contributed by atoms with Crippen molar-refractivity contribution in [2.45, 2.75) is 32.7 Å². The van der Waals surface area contributed by atoms with Crippen molar-refractivity contribution in [2.24, 2.45) is 10.9 Å². The second-order valence-electron chi connectivity index (χ2n) is 5.69. The molecule has 1 heterocycles. The fourth-order valence-electron chi connectivity index (χ4n) is 2.43. The molecule has 0 amide bonds. The van der Waals surface area contributed by atoms with Crippen LogP contribution in [0, 0.1) is 5.92 Å². The highest BCUT2D eigenvalue weighted by molar-refractivity contribution is 5.84. The van der Waals surface area contributed by atoms with Crippen molar-refractivity contribution in [3.63, 3.8) is 0 Å². The van der Waals surface area contributed by atoms with Crippen LogP contribution in [0.25, 0.3) is 0 Å². The third kappa shape index (κ3) is 3.97. The van der Waals surface area contributed by atoms with Crippen LogP contribution in [0.5, 0.6) is 11.5 Å². The first kappa shape index (κ1) is 15.8. The Morgan fingerprint density at radius 2 is 2.00 bits per heavy atom. The van der Waals surface area contributed by atoms with Crippen LogP contribution >= 0.6 is 0 Å². The number of benzene rings is 1. The Morgan fingerprint density at radius 3 is 2.67 bits per heavy atom. The maximum Gasteiger partial charge on any atom is 0.161 e. The molecule has 0 aliphatic carbocycles. The summed E-state index contributed by atoms with van der Waals surface area (Å²) in [7, 11) is 3.37. The molecule has 0 saturated carbocycles. The van der Waals surface area contributed by atoms with E-state index in [4.69, 9.17) is 14.2 Å². The zero-order chi connectivity index (χ0) is 15.2. The van der Waals surface area contributed by atoms with Crippen molar-refractivity contribution in [2.75, 3.05) is 27.4 Å². The molecule has 1 aromatic carbocycles. The van der Waals surface area contributed by atoms with Crippen molar-refractivity contribution in [1.29, 1.82) is 0 Å². The van der Waals surface area contributed by atoms with E-state index in [0.29, 0.717) is 25.2 Å². The van der Waals surface area contributed by atoms with Crippen molar-refractivity contribution >= 4 is 6.21 Å². The molecule has 0 N–H and O–H groups in total. The van der Waals surface area contributed by atoms with Gasteiger partial charge in [-0.15, -0.1) is 0 Å². The SMILES string of the molecule is COCCCOc1cc2c(cc1OC)C=N[C@H](C(C)C)C2. The van der Waals surface area contributed by atoms with Crippen LogP contribution in [0.15, 0.2) is 17.1 Å². The number of fused-ring (bicyclic) bond motifs is 1. The van der Waals surface area contributed by atoms with E-state index in [1.807, 2.05) is 12.3 Å². The van der Waals surface area contributed by atoms with Gasteiger partial charge >= 0.3 is 0 Å². The molecule has 0 spiro atoms. The van der Waals surface area contributed by atoms with Crippen molar-refractivity contribution < 1.29 is 14.2 Å². The van der Waals surface area contributed by atoms with E-state index in [9.17, 15) is 0 Å². The Hall–Kier alpha value is -1.55. The lowest BCUT2D eigenvalue weighted by Gasteiger charge is -2.23. The number of methoxy groups -OCH3 is 2. The Bertz CT molecular complexity index is 497. The Labute approximate surface area is 127 Å². The van der Waals surface area contributed by atoms with Gasteiger partial charge in [0.25, 0.3) is 0 Å². The molecule has 4 heteroatoms. The summed E-state index contributed by atoms with van der Waals surface area (Å²) in [6.45, 7) is 5.75. The number of nitrogens with zero attached hydrogens (tertiary/aromatic N) is 1. The first-order chi connectivity index (χ1) is 10.2. The van der Waals surface area contributed by atoms with Crippen LogP contribution in [0.4, 0.5) is 0 Å². The molecule has 1 aromatic rings. The van der Waals surface area contributed by atoms with Gasteiger partial charge in [-0.3, -0.25) is 4.99 Å². The third-order valence-corrected chi connectivity index (χ3v) is 3.78. The smallest absolute Gasteiger partial charge is 0.161 e. The number of aliphatic imine (C=N–C) groups is 1. The van der Waals surface area contributed by atoms with Crippen molar-refractivity contribution in [3.8, 4) is 11.5 Å². The molecule has 116 valence electrons. The average Bonchev–Trinajstić information content (AvgIpc) is 2.50. The predicted molar refractivity (Wildman–Crippen MR) is 84.9 cm³/mol. The van der Waals surface area contributed by atoms with Gasteiger partial charge in [-0.25, -0.2) is 0 Å². The summed E-state index contributed by atoms with van der Waals surface area (Å²) < 4.78 is 16.3. The molecule has 21 heavy (non-hydrogen) atoms. The van der Waals surface area contributed by atoms with Crippen molar-refractivity contribution in [3.05, 3.63) is 23.3 Å². The van der Waals surface area contributed by atoms with Gasteiger partial charge in [0.2, 0.25) is 0 Å². The van der Waals surface area contributed by atoms with E-state index in [2.05, 4.69) is 24.9 Å². The summed E-state index contributed by atoms with van der Waals surface area (Å²) in [6, 6.07) is 4.47. The van der Waals surface area contributed by atoms with Crippen molar-refractivity contribution in [1.82, 2.24) is 0 Å². The van der Waals surface area contributed by atoms with Crippen LogP contribution in [-0.2, 0) is 11.2 Å². The zero-order valence-corrected chi connectivity index (χ0v) is 13.4. The van der Waals surface area contributed by atoms with Gasteiger partial charge in [-0.05, 0) is 35.6 Å². The minimum atomic E-state index is 0.354. The average molecular weight is 291 g/mol. The first-order valence-electron chi connectivity index (χ1n) is 7.51. The third-order valence-electron chi connectivity index (χ3n) is 3.78. The highest BCUT2D eigenvalue weighted by Crippen LogP contribution is 2.33. The molecular weight excluding hydrogens is 266 g/mol. The molecule has 0 saturated heterocycles. The Kier molecular flexibility index (Phi) is 5.62. The number of hydrogen-bond donors (Lipinski definition) is 0. The topological polar surface area (TPSA) is 40.0 Å². The molecular formula is C17H25NO3. The van der Waals surface area contributed by atoms with Gasteiger partial charge in [0.05, 0.1) is 19.8 Å². The van der Waals surface area contributed by atoms with E-state index in [1.165, 1.54) is 5.56 Å². The minimum absolute atomic E-state index is 0.354. The maximum atomic E-state index is 5.84. The Balaban J connectivity index is 2.15. The number of ether oxygens (including phenoxy) is 3. The molecule has 0 radical (unpaired) electrons. The first-order valence-corrected chi connectivity index (χ1v) is 7.51. The van der Waals surface area contributed by atoms with Crippen LogP contribution in [0.3, 0.4) is 0 Å². The van der Waals surface area contributed by atoms with E-state index < -0.39 is 0 Å². The molecule has 0 aromatic heterocycles. The molecule has 0 unspecified atom stereocenters. The van der Waals surface area contributed by atoms with Gasteiger partial charge in [0.1, 0.15) is 0 Å². The second-order valence-corrected chi connectivity index (χ2v) is 5.69. The summed E-state index contributed by atoms with van der Waals surface area (Å²) in [4.78, 5) is 4.62. The van der Waals surface area contributed by atoms with E-state index in [-0.39, 0.29) is 0 Å². The highest BCUT2D eigenvalue weighted by Gasteiger charge is 2.20. The van der Waals surface area contributed by atoms with Gasteiger partial charge in [0, 0.05) is 26.4 Å². The van der Waals surface area contributed by atoms with E-state index in [1.54, 1.807) is 14.2 Å². The van der Waals surface area contributed by atoms with Crippen LogP contribution in [0.1, 0.15) is 31.4 Å². The van der Waals surface area contributed by atoms with Crippen LogP contribution in [0.2, 0.25) is 0 Å². The second kappa shape index (κ2) is 7.46. The van der Waals surface area contributed by atoms with Crippen LogP contribution in [-0.4, -0.2) is 39.7 Å². The monoisotopic (exact) mass is 291 g/mol. The highest BCUT2D eigenvalue weighted by atomic mass is 16.5. The molecule has 1 aliphatic rings. The standard InChI is InChI=1S/C17H25NO3/c1-12(2)15-8-13-9-17(21-7-5-6-19-3)16(20-4)10-14(13)11-18-15/h9-12,15H,5-8H2,1-4H3/t15-/m0/s1. The molecule has 0 fully saturated rings. The normalized spacial score (nSPS) is 16.9. The van der Waals surface area contributed by atoms with E-state index in [0.717, 1.165) is 29.9 Å². The largest absolute Gasteiger partial charge is 0.493 e. The van der Waals surface area contributed by atoms with Gasteiger partial charge in [0.15, 0.2) is 11.5 Å². The molecule has 1 atom stereocenters. The summed E-state index contributed by atoms with van der Waals surface area (Å²) in [6.07, 6.45) is 3.79. The molecule has 4 nitrogen and oxygen atoms in total. The lowest BCUT2D eigenvalue weighted by molar-refractivity contribution is 0.170. The van der Waals surface area contributed by atoms with Gasteiger partial charge < -0.3 is 14.2 Å². The Morgan fingerprint density at radius 1 is 1.19 bits per heavy atom. The summed E-state index contributed by atoms with van der Waals surface area (Å²) in [5.74, 6) is 2.12. The van der Waals surface area contributed by atoms with Crippen LogP contribution < -0.4 is 9.47 Å². The molecule has 0 bridgehead atoms. The van der Waals surface area contributed by atoms with E-state index >= 15 is 0 Å². The fraction of sp³-hybridized carbons (Fsp3) is 0.588. The summed E-state index contributed by atoms with van der Waals surface area (Å²) in [5.41, 5.74) is 2.42. The predicted octanol–water partition coefficient (Wildman–Crippen LogP) is 3.11. The zero-order valence-electron chi connectivity index (χ0n) is 13.4. The number of hydrogen-bond acceptors (Lipinski definition) is 4. The molecule has 1 aliphatic heterocycles. The maximum absolute atomic E-state index is 5.84. The van der Waals surface area contributed by atoms with Gasteiger partial charge in [-0.1, -0.05) is 13.8 Å². The lowest BCUT2D eigenvalue weighted by Crippen LogP contribution is -2.21. The number of rotatable bonds is 7. The van der Waals surface area contributed by atoms with Gasteiger partial charge in [-0.2, -0.15) is 0 Å².